The van der Waals surface area contributed by atoms with Gasteiger partial charge in [-0.3, -0.25) is 0 Å². The number of hydrogen-bond acceptors (Lipinski definition) is 3. The summed E-state index contributed by atoms with van der Waals surface area (Å²) in [6.07, 6.45) is 7.55. The van der Waals surface area contributed by atoms with E-state index in [2.05, 4.69) is 62.2 Å². The summed E-state index contributed by atoms with van der Waals surface area (Å²) in [7, 11) is -1.40. The van der Waals surface area contributed by atoms with Crippen LogP contribution in [-0.2, 0) is 0 Å². The summed E-state index contributed by atoms with van der Waals surface area (Å²) in [5, 5.41) is 0. The van der Waals surface area contributed by atoms with Crippen LogP contribution >= 0.6 is 7.71 Å². The standard InChI is InChI=1S/C19H45N3P/c1-8-14-20(15-9-2)23(7,21(16-10-3)17-11-4)22(18-12-5)19-13-6/h8-19H2,1-7H3/q+1. The second-order valence-corrected chi connectivity index (χ2v) is 10.2. The minimum Gasteiger partial charge on any atom is -0.149 e. The summed E-state index contributed by atoms with van der Waals surface area (Å²) in [4.78, 5) is 0. The van der Waals surface area contributed by atoms with E-state index in [1.54, 1.807) is 0 Å². The van der Waals surface area contributed by atoms with Crippen LogP contribution in [0.3, 0.4) is 0 Å². The van der Waals surface area contributed by atoms with E-state index in [9.17, 15) is 0 Å². The van der Waals surface area contributed by atoms with Gasteiger partial charge in [0.05, 0.1) is 6.66 Å². The maximum Gasteiger partial charge on any atom is 0.224 e. The van der Waals surface area contributed by atoms with Crippen LogP contribution in [-0.4, -0.2) is 59.9 Å². The largest absolute Gasteiger partial charge is 0.224 e. The Labute approximate surface area is 148 Å². The van der Waals surface area contributed by atoms with Gasteiger partial charge >= 0.3 is 0 Å². The Hall–Kier alpha value is 0.310. The van der Waals surface area contributed by atoms with E-state index in [4.69, 9.17) is 0 Å². The van der Waals surface area contributed by atoms with Crippen molar-refractivity contribution in [2.24, 2.45) is 0 Å². The molecule has 4 heteroatoms. The predicted octanol–water partition coefficient (Wildman–Crippen LogP) is 5.74. The van der Waals surface area contributed by atoms with Crippen molar-refractivity contribution < 1.29 is 0 Å². The van der Waals surface area contributed by atoms with Crippen molar-refractivity contribution in [1.29, 1.82) is 0 Å². The summed E-state index contributed by atoms with van der Waals surface area (Å²) < 4.78 is 8.59. The zero-order valence-corrected chi connectivity index (χ0v) is 18.2. The van der Waals surface area contributed by atoms with E-state index in [1.165, 1.54) is 77.8 Å². The Kier molecular flexibility index (Phi) is 13.8. The summed E-state index contributed by atoms with van der Waals surface area (Å²) >= 11 is 0. The molecule has 0 rings (SSSR count). The minimum atomic E-state index is -1.40. The van der Waals surface area contributed by atoms with Crippen LogP contribution in [0.15, 0.2) is 0 Å². The topological polar surface area (TPSA) is 9.72 Å². The fraction of sp³-hybridized carbons (Fsp3) is 1.00. The predicted molar refractivity (Wildman–Crippen MR) is 109 cm³/mol. The van der Waals surface area contributed by atoms with Gasteiger partial charge in [-0.25, -0.2) is 0 Å². The highest BCUT2D eigenvalue weighted by Gasteiger charge is 2.50. The van der Waals surface area contributed by atoms with Gasteiger partial charge in [-0.1, -0.05) is 41.5 Å². The maximum atomic E-state index is 2.86. The third-order valence-corrected chi connectivity index (χ3v) is 8.91. The second-order valence-electron chi connectivity index (χ2n) is 6.73. The van der Waals surface area contributed by atoms with Crippen LogP contribution in [0.25, 0.3) is 0 Å². The maximum absolute atomic E-state index is 2.86. The third-order valence-electron chi connectivity index (χ3n) is 4.50. The summed E-state index contributed by atoms with van der Waals surface area (Å²) in [6.45, 7) is 24.1. The highest BCUT2D eigenvalue weighted by molar-refractivity contribution is 7.68. The fourth-order valence-electron chi connectivity index (χ4n) is 3.56. The molecule has 0 radical (unpaired) electrons. The molecule has 0 aliphatic heterocycles. The van der Waals surface area contributed by atoms with Gasteiger partial charge < -0.3 is 0 Å². The number of hydrogen-bond donors (Lipinski definition) is 0. The van der Waals surface area contributed by atoms with Crippen LogP contribution in [0.1, 0.15) is 80.1 Å². The molecule has 3 nitrogen and oxygen atoms in total. The molecule has 0 unspecified atom stereocenters. The molecule has 0 bridgehead atoms. The van der Waals surface area contributed by atoms with Crippen molar-refractivity contribution in [3.8, 4) is 0 Å². The molecular formula is C19H45N3P+. The van der Waals surface area contributed by atoms with Crippen molar-refractivity contribution in [2.75, 3.05) is 45.9 Å². The Balaban J connectivity index is 5.73. The van der Waals surface area contributed by atoms with Crippen molar-refractivity contribution in [1.82, 2.24) is 14.0 Å². The molecule has 0 aliphatic rings. The normalized spacial score (nSPS) is 12.8. The molecule has 0 amide bonds. The molecule has 23 heavy (non-hydrogen) atoms. The van der Waals surface area contributed by atoms with Gasteiger partial charge in [0.1, 0.15) is 0 Å². The first-order valence-corrected chi connectivity index (χ1v) is 12.3. The van der Waals surface area contributed by atoms with Crippen LogP contribution in [0.5, 0.6) is 0 Å². The van der Waals surface area contributed by atoms with E-state index < -0.39 is 7.71 Å². The van der Waals surface area contributed by atoms with Crippen LogP contribution < -0.4 is 0 Å². The Morgan fingerprint density at radius 1 is 0.435 bits per heavy atom. The SMILES string of the molecule is CCCN(CCC)[P+](C)(N(CCC)CCC)N(CCC)CCC. The monoisotopic (exact) mass is 346 g/mol. The molecule has 0 spiro atoms. The zero-order chi connectivity index (χ0) is 17.7. The Bertz CT molecular complexity index is 215. The molecule has 0 fully saturated rings. The smallest absolute Gasteiger partial charge is 0.149 e. The highest BCUT2D eigenvalue weighted by atomic mass is 31.2. The average molecular weight is 347 g/mol. The highest BCUT2D eigenvalue weighted by Crippen LogP contribution is 2.64. The first kappa shape index (κ1) is 23.3. The fourth-order valence-corrected chi connectivity index (χ4v) is 8.10. The van der Waals surface area contributed by atoms with Gasteiger partial charge in [-0.2, -0.15) is 0 Å². The van der Waals surface area contributed by atoms with Gasteiger partial charge in [-0.05, 0) is 38.5 Å². The van der Waals surface area contributed by atoms with Crippen molar-refractivity contribution in [2.45, 2.75) is 80.1 Å². The zero-order valence-electron chi connectivity index (χ0n) is 17.3. The van der Waals surface area contributed by atoms with Gasteiger partial charge in [0.2, 0.25) is 7.71 Å². The Morgan fingerprint density at radius 2 is 0.609 bits per heavy atom. The van der Waals surface area contributed by atoms with Crippen LogP contribution in [0, 0.1) is 0 Å². The summed E-state index contributed by atoms with van der Waals surface area (Å²) in [6, 6.07) is 0. The first-order chi connectivity index (χ1) is 11.1. The summed E-state index contributed by atoms with van der Waals surface area (Å²) in [5.74, 6) is 0. The third kappa shape index (κ3) is 6.98. The summed E-state index contributed by atoms with van der Waals surface area (Å²) in [5.41, 5.74) is 0. The molecule has 0 atom stereocenters. The average Bonchev–Trinajstić information content (AvgIpc) is 2.53. The van der Waals surface area contributed by atoms with Gasteiger partial charge in [0, 0.05) is 39.3 Å². The first-order valence-electron chi connectivity index (χ1n) is 10.2. The van der Waals surface area contributed by atoms with E-state index in [0.29, 0.717) is 0 Å². The van der Waals surface area contributed by atoms with Gasteiger partial charge in [-0.15, -0.1) is 14.0 Å². The lowest BCUT2D eigenvalue weighted by Crippen LogP contribution is -2.46. The molecule has 0 aromatic heterocycles. The lowest BCUT2D eigenvalue weighted by molar-refractivity contribution is 0.297. The van der Waals surface area contributed by atoms with E-state index >= 15 is 0 Å². The van der Waals surface area contributed by atoms with Crippen molar-refractivity contribution in [3.63, 3.8) is 0 Å². The van der Waals surface area contributed by atoms with Gasteiger partial charge in [0.15, 0.2) is 0 Å². The molecule has 140 valence electrons. The molecule has 0 aliphatic carbocycles. The van der Waals surface area contributed by atoms with Crippen molar-refractivity contribution in [3.05, 3.63) is 0 Å². The molecule has 0 N–H and O–H groups in total. The van der Waals surface area contributed by atoms with Gasteiger partial charge in [0.25, 0.3) is 0 Å². The molecule has 0 saturated heterocycles. The second kappa shape index (κ2) is 13.6. The minimum absolute atomic E-state index is 1.24. The van der Waals surface area contributed by atoms with Crippen LogP contribution in [0.4, 0.5) is 0 Å². The molecule has 0 saturated carbocycles. The van der Waals surface area contributed by atoms with E-state index in [1.807, 2.05) is 0 Å². The Morgan fingerprint density at radius 3 is 0.739 bits per heavy atom. The molecule has 0 aromatic rings. The van der Waals surface area contributed by atoms with E-state index in [0.717, 1.165) is 0 Å². The molecule has 0 aromatic carbocycles. The molecule has 0 heterocycles. The number of rotatable bonds is 15. The quantitative estimate of drug-likeness (QED) is 0.350. The van der Waals surface area contributed by atoms with Crippen molar-refractivity contribution >= 4 is 7.71 Å². The lowest BCUT2D eigenvalue weighted by Gasteiger charge is -2.46. The van der Waals surface area contributed by atoms with E-state index in [-0.39, 0.29) is 0 Å². The van der Waals surface area contributed by atoms with Crippen LogP contribution in [0.2, 0.25) is 0 Å². The molecular weight excluding hydrogens is 301 g/mol. The lowest BCUT2D eigenvalue weighted by atomic mass is 10.4. The number of nitrogens with zero attached hydrogens (tertiary/aromatic N) is 3.